The Morgan fingerprint density at radius 3 is 3.21 bits per heavy atom. The summed E-state index contributed by atoms with van der Waals surface area (Å²) in [5.74, 6) is 0.980. The first-order chi connectivity index (χ1) is 6.90. The van der Waals surface area contributed by atoms with Crippen LogP contribution in [0, 0.1) is 0 Å². The molecule has 0 saturated heterocycles. The van der Waals surface area contributed by atoms with Crippen LogP contribution >= 0.6 is 0 Å². The zero-order chi connectivity index (χ0) is 9.54. The predicted octanol–water partition coefficient (Wildman–Crippen LogP) is 1.49. The summed E-state index contributed by atoms with van der Waals surface area (Å²) in [5, 5.41) is 1.22. The first kappa shape index (κ1) is 7.88. The number of para-hydroxylation sites is 1. The van der Waals surface area contributed by atoms with Crippen molar-refractivity contribution >= 4 is 10.9 Å². The van der Waals surface area contributed by atoms with Gasteiger partial charge in [0.25, 0.3) is 0 Å². The van der Waals surface area contributed by atoms with Gasteiger partial charge < -0.3 is 15.0 Å². The molecule has 0 aliphatic carbocycles. The summed E-state index contributed by atoms with van der Waals surface area (Å²) in [7, 11) is 0. The van der Waals surface area contributed by atoms with Gasteiger partial charge >= 0.3 is 0 Å². The molecule has 0 atom stereocenters. The fraction of sp³-hybridized carbons (Fsp3) is 0.273. The molecule has 0 fully saturated rings. The van der Waals surface area contributed by atoms with Gasteiger partial charge in [-0.05, 0) is 12.1 Å². The van der Waals surface area contributed by atoms with Crippen molar-refractivity contribution in [3.8, 4) is 5.75 Å². The zero-order valence-corrected chi connectivity index (χ0v) is 7.86. The van der Waals surface area contributed by atoms with Crippen LogP contribution in [0.25, 0.3) is 10.9 Å². The minimum absolute atomic E-state index is 0.591. The second kappa shape index (κ2) is 2.75. The zero-order valence-electron chi connectivity index (χ0n) is 7.86. The molecule has 72 valence electrons. The quantitative estimate of drug-likeness (QED) is 0.736. The Labute approximate surface area is 82.1 Å². The van der Waals surface area contributed by atoms with E-state index >= 15 is 0 Å². The van der Waals surface area contributed by atoms with E-state index in [0.29, 0.717) is 6.54 Å². The summed E-state index contributed by atoms with van der Waals surface area (Å²) in [6.45, 7) is 2.24. The molecule has 2 heterocycles. The summed E-state index contributed by atoms with van der Waals surface area (Å²) < 4.78 is 7.85. The minimum atomic E-state index is 0.591. The molecular formula is C11H12N2O. The van der Waals surface area contributed by atoms with Crippen LogP contribution in [0.5, 0.6) is 5.75 Å². The molecule has 3 heteroatoms. The van der Waals surface area contributed by atoms with E-state index in [9.17, 15) is 0 Å². The smallest absolute Gasteiger partial charge is 0.143 e. The molecule has 14 heavy (non-hydrogen) atoms. The van der Waals surface area contributed by atoms with Gasteiger partial charge in [-0.1, -0.05) is 12.1 Å². The molecule has 0 radical (unpaired) electrons. The van der Waals surface area contributed by atoms with Crippen molar-refractivity contribution in [1.29, 1.82) is 0 Å². The van der Waals surface area contributed by atoms with Gasteiger partial charge in [0.2, 0.25) is 0 Å². The van der Waals surface area contributed by atoms with Gasteiger partial charge in [-0.25, -0.2) is 0 Å². The van der Waals surface area contributed by atoms with Crippen LogP contribution in [0.2, 0.25) is 0 Å². The normalized spacial score (nSPS) is 14.4. The molecule has 0 bridgehead atoms. The summed E-state index contributed by atoms with van der Waals surface area (Å²) in [6, 6.07) is 8.28. The van der Waals surface area contributed by atoms with Crippen molar-refractivity contribution in [1.82, 2.24) is 4.57 Å². The summed E-state index contributed by atoms with van der Waals surface area (Å²) in [4.78, 5) is 0. The number of rotatable bonds is 1. The molecule has 0 amide bonds. The number of hydrogen-bond acceptors (Lipinski definition) is 2. The maximum atomic E-state index is 5.70. The maximum absolute atomic E-state index is 5.70. The van der Waals surface area contributed by atoms with E-state index in [1.807, 2.05) is 12.1 Å². The third kappa shape index (κ3) is 0.902. The highest BCUT2D eigenvalue weighted by atomic mass is 16.5. The van der Waals surface area contributed by atoms with Crippen LogP contribution in [0.15, 0.2) is 24.3 Å². The highest BCUT2D eigenvalue weighted by Crippen LogP contribution is 2.31. The Bertz CT molecular complexity index is 487. The topological polar surface area (TPSA) is 40.2 Å². The standard InChI is InChI=1S/C11H12N2O/c12-7-9-6-8-2-1-3-10-11(8)13(9)4-5-14-10/h1-3,6H,4-5,7,12H2. The van der Waals surface area contributed by atoms with E-state index in [-0.39, 0.29) is 0 Å². The number of ether oxygens (including phenoxy) is 1. The van der Waals surface area contributed by atoms with Crippen molar-refractivity contribution in [3.63, 3.8) is 0 Å². The van der Waals surface area contributed by atoms with Crippen LogP contribution in [0.4, 0.5) is 0 Å². The highest BCUT2D eigenvalue weighted by molar-refractivity contribution is 5.87. The molecule has 3 rings (SSSR count). The van der Waals surface area contributed by atoms with Crippen molar-refractivity contribution in [2.75, 3.05) is 6.61 Å². The summed E-state index contributed by atoms with van der Waals surface area (Å²) >= 11 is 0. The molecule has 3 nitrogen and oxygen atoms in total. The van der Waals surface area contributed by atoms with Gasteiger partial charge in [-0.3, -0.25) is 0 Å². The molecule has 1 aromatic heterocycles. The number of benzene rings is 1. The van der Waals surface area contributed by atoms with Crippen LogP contribution in [-0.2, 0) is 13.1 Å². The second-order valence-electron chi connectivity index (χ2n) is 3.53. The molecule has 1 aliphatic rings. The Morgan fingerprint density at radius 1 is 1.43 bits per heavy atom. The fourth-order valence-electron chi connectivity index (χ4n) is 2.13. The van der Waals surface area contributed by atoms with Gasteiger partial charge in [-0.2, -0.15) is 0 Å². The van der Waals surface area contributed by atoms with E-state index in [1.165, 1.54) is 16.6 Å². The van der Waals surface area contributed by atoms with Crippen molar-refractivity contribution < 1.29 is 4.74 Å². The highest BCUT2D eigenvalue weighted by Gasteiger charge is 2.15. The van der Waals surface area contributed by atoms with Gasteiger partial charge in [0.1, 0.15) is 12.4 Å². The predicted molar refractivity (Wildman–Crippen MR) is 55.3 cm³/mol. The molecular weight excluding hydrogens is 176 g/mol. The Kier molecular flexibility index (Phi) is 1.55. The lowest BCUT2D eigenvalue weighted by Crippen LogP contribution is -2.17. The average molecular weight is 188 g/mol. The van der Waals surface area contributed by atoms with Gasteiger partial charge in [0.05, 0.1) is 12.1 Å². The Morgan fingerprint density at radius 2 is 2.36 bits per heavy atom. The van der Waals surface area contributed by atoms with E-state index in [1.54, 1.807) is 0 Å². The summed E-state index contributed by atoms with van der Waals surface area (Å²) in [6.07, 6.45) is 0. The number of aromatic nitrogens is 1. The van der Waals surface area contributed by atoms with Crippen molar-refractivity contribution in [2.45, 2.75) is 13.1 Å². The molecule has 1 aromatic carbocycles. The van der Waals surface area contributed by atoms with E-state index in [4.69, 9.17) is 10.5 Å². The number of nitrogens with zero attached hydrogens (tertiary/aromatic N) is 1. The van der Waals surface area contributed by atoms with E-state index in [2.05, 4.69) is 16.7 Å². The molecule has 1 aliphatic heterocycles. The Balaban J connectivity index is 2.42. The van der Waals surface area contributed by atoms with Gasteiger partial charge in [0.15, 0.2) is 0 Å². The van der Waals surface area contributed by atoms with Crippen LogP contribution in [0.3, 0.4) is 0 Å². The van der Waals surface area contributed by atoms with Crippen LogP contribution < -0.4 is 10.5 Å². The largest absolute Gasteiger partial charge is 0.490 e. The molecule has 2 aromatic rings. The SMILES string of the molecule is NCc1cc2cccc3c2n1CCO3. The van der Waals surface area contributed by atoms with Crippen molar-refractivity contribution in [3.05, 3.63) is 30.0 Å². The first-order valence-corrected chi connectivity index (χ1v) is 4.84. The summed E-state index contributed by atoms with van der Waals surface area (Å²) in [5.41, 5.74) is 8.09. The third-order valence-electron chi connectivity index (χ3n) is 2.75. The van der Waals surface area contributed by atoms with E-state index in [0.717, 1.165) is 18.9 Å². The molecule has 0 spiro atoms. The lowest BCUT2D eigenvalue weighted by Gasteiger charge is -2.18. The second-order valence-corrected chi connectivity index (χ2v) is 3.53. The lowest BCUT2D eigenvalue weighted by molar-refractivity contribution is 0.285. The molecule has 0 saturated carbocycles. The number of nitrogens with two attached hydrogens (primary N) is 1. The van der Waals surface area contributed by atoms with E-state index < -0.39 is 0 Å². The number of hydrogen-bond donors (Lipinski definition) is 1. The minimum Gasteiger partial charge on any atom is -0.490 e. The fourth-order valence-corrected chi connectivity index (χ4v) is 2.13. The average Bonchev–Trinajstić information content (AvgIpc) is 2.60. The van der Waals surface area contributed by atoms with Gasteiger partial charge in [-0.15, -0.1) is 0 Å². The lowest BCUT2D eigenvalue weighted by atomic mass is 10.2. The Hall–Kier alpha value is -1.48. The maximum Gasteiger partial charge on any atom is 0.143 e. The molecule has 0 unspecified atom stereocenters. The van der Waals surface area contributed by atoms with Crippen molar-refractivity contribution in [2.24, 2.45) is 5.73 Å². The van der Waals surface area contributed by atoms with Crippen LogP contribution in [-0.4, -0.2) is 11.2 Å². The third-order valence-corrected chi connectivity index (χ3v) is 2.75. The molecule has 2 N–H and O–H groups in total. The van der Waals surface area contributed by atoms with Gasteiger partial charge in [0, 0.05) is 17.6 Å². The van der Waals surface area contributed by atoms with Crippen LogP contribution in [0.1, 0.15) is 5.69 Å². The first-order valence-electron chi connectivity index (χ1n) is 4.84. The monoisotopic (exact) mass is 188 g/mol.